The van der Waals surface area contributed by atoms with Crippen LogP contribution in [0.4, 0.5) is 0 Å². The molecule has 0 aliphatic heterocycles. The first kappa shape index (κ1) is 59.7. The summed E-state index contributed by atoms with van der Waals surface area (Å²) in [6, 6.07) is -0.758. The molecule has 0 aromatic carbocycles. The maximum absolute atomic E-state index is 12.9. The highest BCUT2D eigenvalue weighted by molar-refractivity contribution is 7.47. The first-order valence-corrected chi connectivity index (χ1v) is 27.3. The Labute approximate surface area is 378 Å². The minimum atomic E-state index is -4.31. The fourth-order valence-electron chi connectivity index (χ4n) is 7.52. The summed E-state index contributed by atoms with van der Waals surface area (Å²) in [4.78, 5) is 23.2. The summed E-state index contributed by atoms with van der Waals surface area (Å²) in [5.74, 6) is -0.146. The van der Waals surface area contributed by atoms with Gasteiger partial charge >= 0.3 is 7.82 Å². The Morgan fingerprint density at radius 1 is 0.557 bits per heavy atom. The van der Waals surface area contributed by atoms with E-state index in [0.717, 1.165) is 51.4 Å². The summed E-state index contributed by atoms with van der Waals surface area (Å²) in [7, 11) is 1.62. The number of aliphatic hydroxyl groups excluding tert-OH is 1. The van der Waals surface area contributed by atoms with Crippen molar-refractivity contribution >= 4 is 13.7 Å². The third-order valence-corrected chi connectivity index (χ3v) is 12.6. The summed E-state index contributed by atoms with van der Waals surface area (Å²) in [6.45, 7) is 4.87. The molecule has 8 nitrogen and oxygen atoms in total. The topological polar surface area (TPSA) is 105 Å². The molecule has 3 N–H and O–H groups in total. The zero-order valence-corrected chi connectivity index (χ0v) is 41.8. The van der Waals surface area contributed by atoms with E-state index >= 15 is 0 Å². The van der Waals surface area contributed by atoms with Gasteiger partial charge in [-0.2, -0.15) is 0 Å². The van der Waals surface area contributed by atoms with Crippen LogP contribution in [0.2, 0.25) is 0 Å². The van der Waals surface area contributed by atoms with E-state index < -0.39 is 20.0 Å². The van der Waals surface area contributed by atoms with Crippen LogP contribution >= 0.6 is 7.82 Å². The SMILES string of the molecule is CCCCCCC/C=C\C/C=C\C/C=C\CCCCCCCCCCCCCCCCC(=O)NC(COP(=O)(O)OCC[N+](C)(C)C)C(O)CCCCCCCCCCCC. The number of hydrogen-bond acceptors (Lipinski definition) is 5. The number of quaternary nitrogens is 1. The zero-order chi connectivity index (χ0) is 45.0. The minimum absolute atomic E-state index is 0.0747. The van der Waals surface area contributed by atoms with Crippen LogP contribution in [0.3, 0.4) is 0 Å². The van der Waals surface area contributed by atoms with Crippen molar-refractivity contribution in [3.63, 3.8) is 0 Å². The number of likely N-dealkylation sites (N-methyl/N-ethyl adjacent to an activating group) is 1. The fourth-order valence-corrected chi connectivity index (χ4v) is 8.26. The van der Waals surface area contributed by atoms with Gasteiger partial charge in [-0.1, -0.05) is 217 Å². The third-order valence-electron chi connectivity index (χ3n) is 11.6. The number of amides is 1. The van der Waals surface area contributed by atoms with Gasteiger partial charge in [0.1, 0.15) is 13.2 Å². The van der Waals surface area contributed by atoms with Crippen LogP contribution < -0.4 is 5.32 Å². The molecule has 61 heavy (non-hydrogen) atoms. The molecule has 0 aromatic rings. The Balaban J connectivity index is 4.04. The highest BCUT2D eigenvalue weighted by Gasteiger charge is 2.28. The van der Waals surface area contributed by atoms with Crippen LogP contribution in [0.1, 0.15) is 239 Å². The number of aliphatic hydroxyl groups is 1. The van der Waals surface area contributed by atoms with Gasteiger partial charge in [0.25, 0.3) is 0 Å². The van der Waals surface area contributed by atoms with Crippen LogP contribution in [-0.2, 0) is 18.4 Å². The van der Waals surface area contributed by atoms with Gasteiger partial charge in [-0.15, -0.1) is 0 Å². The Bertz CT molecular complexity index is 1090. The zero-order valence-electron chi connectivity index (χ0n) is 40.9. The summed E-state index contributed by atoms with van der Waals surface area (Å²) < 4.78 is 23.6. The van der Waals surface area contributed by atoms with E-state index in [1.54, 1.807) is 0 Å². The molecule has 0 bridgehead atoms. The number of carbonyl (C=O) groups is 1. The van der Waals surface area contributed by atoms with Crippen molar-refractivity contribution in [1.29, 1.82) is 0 Å². The molecule has 360 valence electrons. The van der Waals surface area contributed by atoms with Crippen LogP contribution in [-0.4, -0.2) is 73.4 Å². The molecule has 0 aliphatic carbocycles. The molecule has 0 aromatic heterocycles. The standard InChI is InChI=1S/C52H101N2O6P/c1-6-8-10-12-14-16-18-19-20-21-22-23-24-25-26-27-28-29-30-31-32-33-34-35-36-38-40-42-44-46-52(56)53-50(49-60-61(57,58)59-48-47-54(3,4)5)51(55)45-43-41-39-37-17-15-13-11-9-7-2/h18-19,21-22,24-25,50-51,55H,6-17,20,23,26-49H2,1-5H3,(H-,53,56,57,58)/p+1/b19-18-,22-21-,25-24-. The lowest BCUT2D eigenvalue weighted by atomic mass is 10.0. The van der Waals surface area contributed by atoms with E-state index in [2.05, 4.69) is 55.6 Å². The second-order valence-corrected chi connectivity index (χ2v) is 20.4. The van der Waals surface area contributed by atoms with Gasteiger partial charge in [0.15, 0.2) is 0 Å². The minimum Gasteiger partial charge on any atom is -0.391 e. The van der Waals surface area contributed by atoms with E-state index in [0.29, 0.717) is 23.9 Å². The number of phosphoric ester groups is 1. The molecule has 0 spiro atoms. The number of unbranched alkanes of at least 4 members (excludes halogenated alkanes) is 28. The second kappa shape index (κ2) is 43.9. The Hall–Kier alpha value is -1.28. The molecular formula is C52H102N2O6P+. The largest absolute Gasteiger partial charge is 0.472 e. The quantitative estimate of drug-likeness (QED) is 0.0243. The molecule has 1 amide bonds. The van der Waals surface area contributed by atoms with Gasteiger partial charge < -0.3 is 19.8 Å². The maximum atomic E-state index is 12.9. The molecule has 0 radical (unpaired) electrons. The number of phosphoric acid groups is 1. The Kier molecular flexibility index (Phi) is 43.0. The summed E-state index contributed by atoms with van der Waals surface area (Å²) >= 11 is 0. The maximum Gasteiger partial charge on any atom is 0.472 e. The number of nitrogens with zero attached hydrogens (tertiary/aromatic N) is 1. The Morgan fingerprint density at radius 3 is 1.36 bits per heavy atom. The average molecular weight is 882 g/mol. The third kappa shape index (κ3) is 46.5. The van der Waals surface area contributed by atoms with E-state index in [1.165, 1.54) is 161 Å². The van der Waals surface area contributed by atoms with Gasteiger partial charge in [-0.3, -0.25) is 13.8 Å². The van der Waals surface area contributed by atoms with Crippen molar-refractivity contribution in [2.75, 3.05) is 40.9 Å². The first-order chi connectivity index (χ1) is 29.5. The number of carbonyl (C=O) groups excluding carboxylic acids is 1. The van der Waals surface area contributed by atoms with Crippen molar-refractivity contribution in [2.24, 2.45) is 0 Å². The number of rotatable bonds is 47. The molecule has 0 aliphatic rings. The molecule has 0 fully saturated rings. The van der Waals surface area contributed by atoms with Gasteiger partial charge in [-0.05, 0) is 51.4 Å². The van der Waals surface area contributed by atoms with Crippen molar-refractivity contribution in [1.82, 2.24) is 5.32 Å². The lowest BCUT2D eigenvalue weighted by Crippen LogP contribution is -2.46. The highest BCUT2D eigenvalue weighted by Crippen LogP contribution is 2.43. The summed E-state index contributed by atoms with van der Waals surface area (Å²) in [5.41, 5.74) is 0. The summed E-state index contributed by atoms with van der Waals surface area (Å²) in [6.07, 6.45) is 54.8. The Morgan fingerprint density at radius 2 is 0.934 bits per heavy atom. The van der Waals surface area contributed by atoms with Gasteiger partial charge in [0, 0.05) is 6.42 Å². The molecule has 3 unspecified atom stereocenters. The predicted molar refractivity (Wildman–Crippen MR) is 263 cm³/mol. The lowest BCUT2D eigenvalue weighted by molar-refractivity contribution is -0.870. The van der Waals surface area contributed by atoms with E-state index in [9.17, 15) is 19.4 Å². The van der Waals surface area contributed by atoms with Crippen LogP contribution in [0.25, 0.3) is 0 Å². The summed E-state index contributed by atoms with van der Waals surface area (Å²) in [5, 5.41) is 13.9. The van der Waals surface area contributed by atoms with Crippen molar-refractivity contribution < 1.29 is 32.9 Å². The highest BCUT2D eigenvalue weighted by atomic mass is 31.2. The average Bonchev–Trinajstić information content (AvgIpc) is 3.21. The molecule has 3 atom stereocenters. The first-order valence-electron chi connectivity index (χ1n) is 25.9. The molecule has 0 saturated heterocycles. The number of allylic oxidation sites excluding steroid dienone is 6. The predicted octanol–water partition coefficient (Wildman–Crippen LogP) is 15.0. The van der Waals surface area contributed by atoms with Gasteiger partial charge in [0.2, 0.25) is 5.91 Å². The molecular weight excluding hydrogens is 780 g/mol. The molecule has 0 saturated carbocycles. The lowest BCUT2D eigenvalue weighted by Gasteiger charge is -2.26. The van der Waals surface area contributed by atoms with Crippen molar-refractivity contribution in [3.05, 3.63) is 36.5 Å². The number of hydrogen-bond donors (Lipinski definition) is 3. The molecule has 0 rings (SSSR count). The smallest absolute Gasteiger partial charge is 0.391 e. The van der Waals surface area contributed by atoms with Gasteiger partial charge in [-0.25, -0.2) is 4.57 Å². The van der Waals surface area contributed by atoms with Crippen LogP contribution in [0.5, 0.6) is 0 Å². The van der Waals surface area contributed by atoms with Gasteiger partial charge in [0.05, 0.1) is 39.9 Å². The van der Waals surface area contributed by atoms with E-state index in [1.807, 2.05) is 21.1 Å². The van der Waals surface area contributed by atoms with E-state index in [-0.39, 0.29) is 19.1 Å². The molecule has 0 heterocycles. The fraction of sp³-hybridized carbons (Fsp3) is 0.865. The van der Waals surface area contributed by atoms with E-state index in [4.69, 9.17) is 9.05 Å². The van der Waals surface area contributed by atoms with Crippen molar-refractivity contribution in [2.45, 2.75) is 251 Å². The van der Waals surface area contributed by atoms with Crippen LogP contribution in [0, 0.1) is 0 Å². The number of nitrogens with one attached hydrogen (secondary N) is 1. The molecule has 9 heteroatoms. The second-order valence-electron chi connectivity index (χ2n) is 18.9. The monoisotopic (exact) mass is 882 g/mol. The normalized spacial score (nSPS) is 14.4. The van der Waals surface area contributed by atoms with Crippen LogP contribution in [0.15, 0.2) is 36.5 Å². The van der Waals surface area contributed by atoms with Crippen molar-refractivity contribution in [3.8, 4) is 0 Å².